The van der Waals surface area contributed by atoms with Crippen LogP contribution in [-0.4, -0.2) is 54.0 Å². The van der Waals surface area contributed by atoms with Crippen molar-refractivity contribution < 1.29 is 18.3 Å². The number of H-pyrrole nitrogens is 1. The summed E-state index contributed by atoms with van der Waals surface area (Å²) in [4.78, 5) is 33.5. The van der Waals surface area contributed by atoms with E-state index in [-0.39, 0.29) is 34.2 Å². The van der Waals surface area contributed by atoms with Crippen molar-refractivity contribution >= 4 is 34.4 Å². The van der Waals surface area contributed by atoms with Gasteiger partial charge in [0.25, 0.3) is 11.5 Å². The molecule has 0 radical (unpaired) electrons. The minimum atomic E-state index is -1.06. The average Bonchev–Trinajstić information content (AvgIpc) is 3.30. The summed E-state index contributed by atoms with van der Waals surface area (Å²) < 4.78 is 32.3. The van der Waals surface area contributed by atoms with Gasteiger partial charge in [0.2, 0.25) is 0 Å². The second kappa shape index (κ2) is 9.29. The van der Waals surface area contributed by atoms with Gasteiger partial charge in [0.1, 0.15) is 5.71 Å². The summed E-state index contributed by atoms with van der Waals surface area (Å²) in [6.45, 7) is 1.20. The van der Waals surface area contributed by atoms with E-state index in [2.05, 4.69) is 15.1 Å². The van der Waals surface area contributed by atoms with Gasteiger partial charge in [-0.1, -0.05) is 0 Å². The number of halogens is 2. The molecular weight excluding hydrogens is 432 g/mol. The van der Waals surface area contributed by atoms with Crippen molar-refractivity contribution in [2.75, 3.05) is 20.2 Å². The highest BCUT2D eigenvalue weighted by Crippen LogP contribution is 2.19. The SMILES string of the molecule is CO[C@@H]1CCN(C(=O)c2ccc(N=CC(=NN)c3cc4cc(F)c(F)cc4[nH]c3=O)cc2)C1. The van der Waals surface area contributed by atoms with E-state index in [0.717, 1.165) is 18.6 Å². The van der Waals surface area contributed by atoms with E-state index >= 15 is 0 Å². The van der Waals surface area contributed by atoms with Crippen LogP contribution in [0.1, 0.15) is 22.3 Å². The van der Waals surface area contributed by atoms with Gasteiger partial charge in [0, 0.05) is 37.2 Å². The first-order chi connectivity index (χ1) is 15.9. The second-order valence-corrected chi connectivity index (χ2v) is 7.58. The number of amides is 1. The minimum Gasteiger partial charge on any atom is -0.380 e. The highest BCUT2D eigenvalue weighted by molar-refractivity contribution is 6.38. The van der Waals surface area contributed by atoms with Gasteiger partial charge >= 0.3 is 0 Å². The topological polar surface area (TPSA) is 113 Å². The Bertz CT molecular complexity index is 1320. The molecule has 3 aromatic rings. The largest absolute Gasteiger partial charge is 0.380 e. The Kier molecular flexibility index (Phi) is 6.27. The number of pyridine rings is 1. The summed E-state index contributed by atoms with van der Waals surface area (Å²) >= 11 is 0. The number of nitrogens with one attached hydrogen (secondary N) is 1. The molecule has 1 aliphatic rings. The highest BCUT2D eigenvalue weighted by Gasteiger charge is 2.26. The fraction of sp³-hybridized carbons (Fsp3) is 0.217. The van der Waals surface area contributed by atoms with E-state index in [1.807, 2.05) is 0 Å². The van der Waals surface area contributed by atoms with E-state index in [0.29, 0.717) is 24.3 Å². The summed E-state index contributed by atoms with van der Waals surface area (Å²) in [6.07, 6.45) is 2.15. The number of aromatic amines is 1. The number of carbonyl (C=O) groups is 1. The molecule has 3 N–H and O–H groups in total. The predicted octanol–water partition coefficient (Wildman–Crippen LogP) is 2.73. The van der Waals surface area contributed by atoms with E-state index in [1.165, 1.54) is 12.3 Å². The number of likely N-dealkylation sites (tertiary alicyclic amines) is 1. The van der Waals surface area contributed by atoms with E-state index in [1.54, 1.807) is 36.3 Å². The molecule has 1 atom stereocenters. The van der Waals surface area contributed by atoms with Crippen molar-refractivity contribution in [2.45, 2.75) is 12.5 Å². The smallest absolute Gasteiger partial charge is 0.258 e. The summed E-state index contributed by atoms with van der Waals surface area (Å²) in [5.74, 6) is 3.25. The number of carbonyl (C=O) groups excluding carboxylic acids is 1. The number of hydrazone groups is 1. The van der Waals surface area contributed by atoms with Crippen LogP contribution in [0.2, 0.25) is 0 Å². The molecule has 0 saturated carbocycles. The number of ether oxygens (including phenoxy) is 1. The molecule has 1 fully saturated rings. The monoisotopic (exact) mass is 453 g/mol. The van der Waals surface area contributed by atoms with E-state index in [9.17, 15) is 18.4 Å². The molecule has 1 aliphatic heterocycles. The number of fused-ring (bicyclic) bond motifs is 1. The number of benzene rings is 2. The lowest BCUT2D eigenvalue weighted by Crippen LogP contribution is -2.29. The maximum Gasteiger partial charge on any atom is 0.258 e. The number of aliphatic imine (C=N–C) groups is 1. The quantitative estimate of drug-likeness (QED) is 0.351. The van der Waals surface area contributed by atoms with Crippen LogP contribution in [0.5, 0.6) is 0 Å². The first-order valence-corrected chi connectivity index (χ1v) is 10.2. The molecule has 1 amide bonds. The van der Waals surface area contributed by atoms with Gasteiger partial charge in [0.05, 0.1) is 29.1 Å². The van der Waals surface area contributed by atoms with Gasteiger partial charge < -0.3 is 20.5 Å². The molecule has 4 rings (SSSR count). The van der Waals surface area contributed by atoms with Crippen molar-refractivity contribution in [3.63, 3.8) is 0 Å². The Morgan fingerprint density at radius 3 is 2.61 bits per heavy atom. The molecule has 0 unspecified atom stereocenters. The number of nitrogens with zero attached hydrogens (tertiary/aromatic N) is 3. The Morgan fingerprint density at radius 2 is 1.94 bits per heavy atom. The molecule has 2 heterocycles. The maximum absolute atomic E-state index is 13.6. The molecule has 0 aliphatic carbocycles. The lowest BCUT2D eigenvalue weighted by molar-refractivity contribution is 0.0724. The lowest BCUT2D eigenvalue weighted by Gasteiger charge is -2.16. The van der Waals surface area contributed by atoms with Gasteiger partial charge in [0.15, 0.2) is 11.6 Å². The van der Waals surface area contributed by atoms with Crippen LogP contribution in [0.15, 0.2) is 57.4 Å². The Balaban J connectivity index is 1.53. The summed E-state index contributed by atoms with van der Waals surface area (Å²) in [7, 11) is 1.63. The molecule has 170 valence electrons. The number of aromatic nitrogens is 1. The van der Waals surface area contributed by atoms with Crippen LogP contribution < -0.4 is 11.4 Å². The van der Waals surface area contributed by atoms with Crippen LogP contribution >= 0.6 is 0 Å². The standard InChI is InChI=1S/C23H21F2N5O3/c1-33-16-6-7-30(12-16)23(32)13-2-4-15(5-3-13)27-11-21(29-26)17-8-14-9-18(24)19(25)10-20(14)28-22(17)31/h2-5,8-11,16H,6-7,12,26H2,1H3,(H,28,31)/t16-/m1/s1. The van der Waals surface area contributed by atoms with Crippen LogP contribution in [-0.2, 0) is 4.74 Å². The number of rotatable bonds is 5. The van der Waals surface area contributed by atoms with Crippen molar-refractivity contribution in [1.82, 2.24) is 9.88 Å². The maximum atomic E-state index is 13.6. The second-order valence-electron chi connectivity index (χ2n) is 7.58. The van der Waals surface area contributed by atoms with E-state index in [4.69, 9.17) is 10.6 Å². The zero-order chi connectivity index (χ0) is 23.5. The van der Waals surface area contributed by atoms with Gasteiger partial charge in [-0.2, -0.15) is 5.10 Å². The molecule has 2 aromatic carbocycles. The Morgan fingerprint density at radius 1 is 1.21 bits per heavy atom. The summed E-state index contributed by atoms with van der Waals surface area (Å²) in [5.41, 5.74) is 0.697. The fourth-order valence-electron chi connectivity index (χ4n) is 3.68. The number of nitrogens with two attached hydrogens (primary N) is 1. The van der Waals surface area contributed by atoms with Gasteiger partial charge in [-0.25, -0.2) is 8.78 Å². The van der Waals surface area contributed by atoms with Crippen LogP contribution in [0.4, 0.5) is 14.5 Å². The molecule has 10 heteroatoms. The van der Waals surface area contributed by atoms with Crippen LogP contribution in [0.25, 0.3) is 10.9 Å². The number of methoxy groups -OCH3 is 1. The Labute approximate surface area is 187 Å². The van der Waals surface area contributed by atoms with Crippen LogP contribution in [0.3, 0.4) is 0 Å². The predicted molar refractivity (Wildman–Crippen MR) is 121 cm³/mol. The van der Waals surface area contributed by atoms with Crippen molar-refractivity contribution in [2.24, 2.45) is 15.9 Å². The zero-order valence-electron chi connectivity index (χ0n) is 17.7. The molecule has 1 aromatic heterocycles. The third-order valence-electron chi connectivity index (χ3n) is 5.52. The number of hydrogen-bond acceptors (Lipinski definition) is 6. The average molecular weight is 453 g/mol. The molecule has 0 bridgehead atoms. The normalized spacial score (nSPS) is 16.8. The summed E-state index contributed by atoms with van der Waals surface area (Å²) in [5, 5.41) is 3.88. The van der Waals surface area contributed by atoms with Crippen molar-refractivity contribution in [3.8, 4) is 0 Å². The van der Waals surface area contributed by atoms with Crippen molar-refractivity contribution in [3.05, 3.63) is 75.6 Å². The Hall–Kier alpha value is -3.92. The first-order valence-electron chi connectivity index (χ1n) is 10.2. The molecule has 1 saturated heterocycles. The highest BCUT2D eigenvalue weighted by atomic mass is 19.2. The zero-order valence-corrected chi connectivity index (χ0v) is 17.7. The minimum absolute atomic E-state index is 0.0470. The van der Waals surface area contributed by atoms with Gasteiger partial charge in [-0.3, -0.25) is 14.6 Å². The lowest BCUT2D eigenvalue weighted by atomic mass is 10.1. The van der Waals surface area contributed by atoms with Crippen molar-refractivity contribution in [1.29, 1.82) is 0 Å². The molecule has 0 spiro atoms. The summed E-state index contributed by atoms with van der Waals surface area (Å²) in [6, 6.07) is 9.88. The van der Waals surface area contributed by atoms with Crippen LogP contribution in [0, 0.1) is 11.6 Å². The van der Waals surface area contributed by atoms with E-state index < -0.39 is 17.2 Å². The third kappa shape index (κ3) is 4.65. The molecule has 8 nitrogen and oxygen atoms in total. The molecule has 33 heavy (non-hydrogen) atoms. The first kappa shape index (κ1) is 22.3. The number of hydrogen-bond donors (Lipinski definition) is 2. The third-order valence-corrected chi connectivity index (χ3v) is 5.52. The van der Waals surface area contributed by atoms with Gasteiger partial charge in [-0.15, -0.1) is 0 Å². The molecular formula is C23H21F2N5O3. The fourth-order valence-corrected chi connectivity index (χ4v) is 3.68. The van der Waals surface area contributed by atoms with Gasteiger partial charge in [-0.05, 0) is 42.8 Å².